The summed E-state index contributed by atoms with van der Waals surface area (Å²) in [7, 11) is -4.69. The molecule has 1 aromatic rings. The molecule has 1 rings (SSSR count). The van der Waals surface area contributed by atoms with Crippen molar-refractivity contribution in [3.05, 3.63) is 48.6 Å². The molecule has 7 heteroatoms. The second-order valence-electron chi connectivity index (χ2n) is 5.85. The second kappa shape index (κ2) is 12.7. The Morgan fingerprint density at radius 2 is 1.80 bits per heavy atom. The fourth-order valence-corrected chi connectivity index (χ4v) is 3.69. The third-order valence-corrected chi connectivity index (χ3v) is 5.06. The van der Waals surface area contributed by atoms with Gasteiger partial charge in [-0.15, -0.1) is 0 Å². The minimum atomic E-state index is -4.69. The Bertz CT molecular complexity index is 619. The van der Waals surface area contributed by atoms with Crippen molar-refractivity contribution in [2.75, 3.05) is 0 Å². The van der Waals surface area contributed by atoms with Crippen LogP contribution in [0.15, 0.2) is 43.0 Å². The summed E-state index contributed by atoms with van der Waals surface area (Å²) in [6.07, 6.45) is 6.60. The van der Waals surface area contributed by atoms with Crippen LogP contribution in [0.1, 0.15) is 56.9 Å². The molecule has 0 saturated heterocycles. The SMILES string of the molecule is C=CC(=O)NC(C(CCCCCCC)c1ccccc1)S(=O)(=O)[O-].[Na+]. The first-order valence-electron chi connectivity index (χ1n) is 8.32. The number of carbonyl (C=O) groups excluding carboxylic acids is 1. The van der Waals surface area contributed by atoms with Crippen molar-refractivity contribution >= 4 is 16.0 Å². The van der Waals surface area contributed by atoms with Gasteiger partial charge in [0, 0.05) is 5.92 Å². The van der Waals surface area contributed by atoms with Crippen LogP contribution < -0.4 is 34.9 Å². The smallest absolute Gasteiger partial charge is 0.746 e. The van der Waals surface area contributed by atoms with Gasteiger partial charge in [0.2, 0.25) is 5.91 Å². The van der Waals surface area contributed by atoms with E-state index < -0.39 is 27.3 Å². The van der Waals surface area contributed by atoms with Crippen LogP contribution in [0.3, 0.4) is 0 Å². The molecule has 0 heterocycles. The zero-order valence-corrected chi connectivity index (χ0v) is 17.9. The van der Waals surface area contributed by atoms with E-state index in [1.54, 1.807) is 24.3 Å². The normalized spacial score (nSPS) is 13.4. The molecule has 1 amide bonds. The zero-order chi connectivity index (χ0) is 18.0. The minimum absolute atomic E-state index is 0. The van der Waals surface area contributed by atoms with Crippen molar-refractivity contribution in [2.24, 2.45) is 0 Å². The maximum absolute atomic E-state index is 11.7. The molecule has 0 bridgehead atoms. The fourth-order valence-electron chi connectivity index (χ4n) is 2.73. The van der Waals surface area contributed by atoms with Gasteiger partial charge in [0.05, 0.1) is 0 Å². The molecule has 2 atom stereocenters. The summed E-state index contributed by atoms with van der Waals surface area (Å²) in [6, 6.07) is 8.99. The van der Waals surface area contributed by atoms with Gasteiger partial charge in [-0.3, -0.25) is 4.79 Å². The van der Waals surface area contributed by atoms with Gasteiger partial charge >= 0.3 is 29.6 Å². The van der Waals surface area contributed by atoms with E-state index in [9.17, 15) is 17.8 Å². The second-order valence-corrected chi connectivity index (χ2v) is 7.34. The van der Waals surface area contributed by atoms with Crippen LogP contribution in [0.2, 0.25) is 0 Å². The van der Waals surface area contributed by atoms with Crippen LogP contribution in [0.25, 0.3) is 0 Å². The first-order valence-corrected chi connectivity index (χ1v) is 9.79. The number of hydrogen-bond donors (Lipinski definition) is 1. The predicted octanol–water partition coefficient (Wildman–Crippen LogP) is 0.308. The quantitative estimate of drug-likeness (QED) is 0.261. The van der Waals surface area contributed by atoms with Crippen LogP contribution >= 0.6 is 0 Å². The summed E-state index contributed by atoms with van der Waals surface area (Å²) in [5, 5.41) is 0.811. The molecule has 2 unspecified atom stereocenters. The Morgan fingerprint density at radius 3 is 2.32 bits per heavy atom. The van der Waals surface area contributed by atoms with Gasteiger partial charge in [0.15, 0.2) is 0 Å². The molecule has 0 spiro atoms. The summed E-state index contributed by atoms with van der Waals surface area (Å²) in [4.78, 5) is 11.6. The molecule has 134 valence electrons. The molecule has 1 N–H and O–H groups in total. The van der Waals surface area contributed by atoms with E-state index >= 15 is 0 Å². The van der Waals surface area contributed by atoms with Gasteiger partial charge in [0.1, 0.15) is 15.5 Å². The molecular weight excluding hydrogens is 349 g/mol. The van der Waals surface area contributed by atoms with E-state index in [0.29, 0.717) is 6.42 Å². The van der Waals surface area contributed by atoms with Crippen LogP contribution in [-0.4, -0.2) is 24.3 Å². The fraction of sp³-hybridized carbons (Fsp3) is 0.500. The number of hydrogen-bond acceptors (Lipinski definition) is 4. The molecule has 0 saturated carbocycles. The summed E-state index contributed by atoms with van der Waals surface area (Å²) < 4.78 is 35.2. The Labute approximate surface area is 173 Å². The number of rotatable bonds is 11. The minimum Gasteiger partial charge on any atom is -0.746 e. The average Bonchev–Trinajstić information content (AvgIpc) is 2.56. The molecule has 0 aromatic heterocycles. The van der Waals surface area contributed by atoms with Crippen LogP contribution in [-0.2, 0) is 14.9 Å². The number of carbonyl (C=O) groups is 1. The summed E-state index contributed by atoms with van der Waals surface area (Å²) >= 11 is 0. The van der Waals surface area contributed by atoms with Crippen molar-refractivity contribution in [1.29, 1.82) is 0 Å². The van der Waals surface area contributed by atoms with Gasteiger partial charge in [-0.05, 0) is 18.1 Å². The molecular formula is C18H26NNaO4S. The third-order valence-electron chi connectivity index (χ3n) is 3.99. The van der Waals surface area contributed by atoms with Gasteiger partial charge in [-0.25, -0.2) is 8.42 Å². The molecule has 0 radical (unpaired) electrons. The molecule has 0 aliphatic heterocycles. The Morgan fingerprint density at radius 1 is 1.20 bits per heavy atom. The summed E-state index contributed by atoms with van der Waals surface area (Å²) in [5.41, 5.74) is 0.738. The summed E-state index contributed by atoms with van der Waals surface area (Å²) in [6.45, 7) is 5.44. The van der Waals surface area contributed by atoms with Gasteiger partial charge < -0.3 is 9.87 Å². The first-order chi connectivity index (χ1) is 11.4. The van der Waals surface area contributed by atoms with E-state index in [2.05, 4.69) is 18.8 Å². The first kappa shape index (κ1) is 24.3. The van der Waals surface area contributed by atoms with Gasteiger partial charge in [-0.1, -0.05) is 75.9 Å². The number of benzene rings is 1. The van der Waals surface area contributed by atoms with E-state index in [-0.39, 0.29) is 29.6 Å². The topological polar surface area (TPSA) is 86.3 Å². The standard InChI is InChI=1S/C18H27NO4S.Na/c1-3-5-6-7-11-14-16(15-12-9-8-10-13-15)18(24(21,22)23)19-17(20)4-2;/h4,8-10,12-13,16,18H,2-3,5-7,11,14H2,1H3,(H,19,20)(H,21,22,23);/q;+1/p-1. The van der Waals surface area contributed by atoms with Crippen molar-refractivity contribution in [1.82, 2.24) is 5.32 Å². The van der Waals surface area contributed by atoms with E-state index in [1.807, 2.05) is 6.07 Å². The number of nitrogens with one attached hydrogen (secondary N) is 1. The molecule has 0 fully saturated rings. The molecule has 1 aromatic carbocycles. The van der Waals surface area contributed by atoms with Crippen molar-refractivity contribution < 1.29 is 47.3 Å². The average molecular weight is 375 g/mol. The largest absolute Gasteiger partial charge is 1.00 e. The number of amides is 1. The molecule has 0 aliphatic carbocycles. The van der Waals surface area contributed by atoms with Crippen LogP contribution in [0.5, 0.6) is 0 Å². The van der Waals surface area contributed by atoms with Crippen molar-refractivity contribution in [3.8, 4) is 0 Å². The van der Waals surface area contributed by atoms with Gasteiger partial charge in [-0.2, -0.15) is 0 Å². The van der Waals surface area contributed by atoms with Gasteiger partial charge in [0.25, 0.3) is 0 Å². The van der Waals surface area contributed by atoms with E-state index in [4.69, 9.17) is 0 Å². The van der Waals surface area contributed by atoms with E-state index in [0.717, 1.165) is 43.7 Å². The Hall–Kier alpha value is -0.660. The predicted molar refractivity (Wildman–Crippen MR) is 94.4 cm³/mol. The maximum atomic E-state index is 11.7. The Balaban J connectivity index is 0.00000576. The zero-order valence-electron chi connectivity index (χ0n) is 15.1. The van der Waals surface area contributed by atoms with Crippen molar-refractivity contribution in [3.63, 3.8) is 0 Å². The van der Waals surface area contributed by atoms with Crippen LogP contribution in [0, 0.1) is 0 Å². The van der Waals surface area contributed by atoms with Crippen LogP contribution in [0.4, 0.5) is 0 Å². The van der Waals surface area contributed by atoms with Crippen molar-refractivity contribution in [2.45, 2.75) is 56.7 Å². The Kier molecular flexibility index (Phi) is 12.3. The molecule has 25 heavy (non-hydrogen) atoms. The molecule has 0 aliphatic rings. The summed E-state index contributed by atoms with van der Waals surface area (Å²) in [5.74, 6) is -1.23. The maximum Gasteiger partial charge on any atom is 1.00 e. The molecule has 5 nitrogen and oxygen atoms in total. The van der Waals surface area contributed by atoms with E-state index in [1.165, 1.54) is 0 Å². The third kappa shape index (κ3) is 9.01. The monoisotopic (exact) mass is 375 g/mol. The number of unbranched alkanes of at least 4 members (excludes halogenated alkanes) is 4.